The van der Waals surface area contributed by atoms with E-state index in [1.807, 2.05) is 37.3 Å². The Labute approximate surface area is 126 Å². The van der Waals surface area contributed by atoms with Crippen LogP contribution in [0.5, 0.6) is 17.2 Å². The summed E-state index contributed by atoms with van der Waals surface area (Å²) < 4.78 is 11.3. The van der Waals surface area contributed by atoms with E-state index in [4.69, 9.17) is 15.2 Å². The minimum absolute atomic E-state index is 0.536. The summed E-state index contributed by atoms with van der Waals surface area (Å²) in [5, 5.41) is 0. The highest BCUT2D eigenvalue weighted by Crippen LogP contribution is 2.34. The standard InChI is InChI=1S/C18H23NO2/c1-3-5-7-14-10-12-15(13-11-14)21-17-9-6-8-16(18(17)19)20-4-2/h6,8-13H,3-5,7,19H2,1-2H3. The van der Waals surface area contributed by atoms with Gasteiger partial charge in [-0.25, -0.2) is 0 Å². The molecule has 0 heterocycles. The minimum Gasteiger partial charge on any atom is -0.492 e. The van der Waals surface area contributed by atoms with Gasteiger partial charge in [0.15, 0.2) is 5.75 Å². The second-order valence-electron chi connectivity index (χ2n) is 4.95. The van der Waals surface area contributed by atoms with E-state index in [1.165, 1.54) is 18.4 Å². The van der Waals surface area contributed by atoms with Crippen LogP contribution in [0.15, 0.2) is 42.5 Å². The number of ether oxygens (including phenoxy) is 2. The van der Waals surface area contributed by atoms with Crippen molar-refractivity contribution < 1.29 is 9.47 Å². The molecule has 0 saturated carbocycles. The summed E-state index contributed by atoms with van der Waals surface area (Å²) >= 11 is 0. The van der Waals surface area contributed by atoms with Gasteiger partial charge in [0.1, 0.15) is 17.2 Å². The van der Waals surface area contributed by atoms with Crippen LogP contribution in [0.1, 0.15) is 32.3 Å². The van der Waals surface area contributed by atoms with Crippen molar-refractivity contribution in [2.75, 3.05) is 12.3 Å². The quantitative estimate of drug-likeness (QED) is 0.743. The smallest absolute Gasteiger partial charge is 0.154 e. The van der Waals surface area contributed by atoms with Crippen LogP contribution in [0.3, 0.4) is 0 Å². The highest BCUT2D eigenvalue weighted by atomic mass is 16.5. The molecule has 0 bridgehead atoms. The predicted octanol–water partition coefficient (Wildman–Crippen LogP) is 4.80. The van der Waals surface area contributed by atoms with Gasteiger partial charge in [-0.05, 0) is 49.6 Å². The molecule has 0 radical (unpaired) electrons. The third kappa shape index (κ3) is 4.15. The van der Waals surface area contributed by atoms with Crippen LogP contribution in [0.25, 0.3) is 0 Å². The van der Waals surface area contributed by atoms with E-state index in [9.17, 15) is 0 Å². The monoisotopic (exact) mass is 285 g/mol. The second kappa shape index (κ2) is 7.58. The molecule has 0 saturated heterocycles. The van der Waals surface area contributed by atoms with E-state index in [-0.39, 0.29) is 0 Å². The molecule has 0 amide bonds. The fourth-order valence-corrected chi connectivity index (χ4v) is 2.13. The Hall–Kier alpha value is -2.16. The van der Waals surface area contributed by atoms with Gasteiger partial charge in [0.25, 0.3) is 0 Å². The number of rotatable bonds is 7. The van der Waals surface area contributed by atoms with Crippen LogP contribution in [0.4, 0.5) is 5.69 Å². The zero-order chi connectivity index (χ0) is 15.1. The zero-order valence-corrected chi connectivity index (χ0v) is 12.8. The zero-order valence-electron chi connectivity index (χ0n) is 12.8. The van der Waals surface area contributed by atoms with Crippen LogP contribution >= 0.6 is 0 Å². The Morgan fingerprint density at radius 2 is 1.67 bits per heavy atom. The van der Waals surface area contributed by atoms with Crippen molar-refractivity contribution in [3.63, 3.8) is 0 Å². The Kier molecular flexibility index (Phi) is 5.50. The van der Waals surface area contributed by atoms with Crippen molar-refractivity contribution in [1.29, 1.82) is 0 Å². The number of unbranched alkanes of at least 4 members (excludes halogenated alkanes) is 1. The molecular weight excluding hydrogens is 262 g/mol. The summed E-state index contributed by atoms with van der Waals surface area (Å²) in [6, 6.07) is 13.8. The molecule has 0 fully saturated rings. The average molecular weight is 285 g/mol. The first-order valence-corrected chi connectivity index (χ1v) is 7.52. The summed E-state index contributed by atoms with van der Waals surface area (Å²) in [6.07, 6.45) is 3.53. The Balaban J connectivity index is 2.09. The number of benzene rings is 2. The molecule has 3 heteroatoms. The third-order valence-electron chi connectivity index (χ3n) is 3.30. The molecule has 3 nitrogen and oxygen atoms in total. The van der Waals surface area contributed by atoms with E-state index in [1.54, 1.807) is 0 Å². The molecule has 2 aromatic rings. The van der Waals surface area contributed by atoms with Crippen LogP contribution in [-0.2, 0) is 6.42 Å². The number of nitrogen functional groups attached to an aromatic ring is 1. The maximum Gasteiger partial charge on any atom is 0.154 e. The van der Waals surface area contributed by atoms with Gasteiger partial charge in [0.05, 0.1) is 6.61 Å². The highest BCUT2D eigenvalue weighted by Gasteiger charge is 2.07. The number of nitrogens with two attached hydrogens (primary N) is 1. The Morgan fingerprint density at radius 3 is 2.33 bits per heavy atom. The first kappa shape index (κ1) is 15.2. The van der Waals surface area contributed by atoms with E-state index < -0.39 is 0 Å². The molecule has 2 rings (SSSR count). The fraction of sp³-hybridized carbons (Fsp3) is 0.333. The number of hydrogen-bond acceptors (Lipinski definition) is 3. The van der Waals surface area contributed by atoms with Gasteiger partial charge < -0.3 is 15.2 Å². The van der Waals surface area contributed by atoms with Crippen molar-refractivity contribution in [3.8, 4) is 17.2 Å². The third-order valence-corrected chi connectivity index (χ3v) is 3.30. The maximum atomic E-state index is 6.06. The molecule has 21 heavy (non-hydrogen) atoms. The van der Waals surface area contributed by atoms with Gasteiger partial charge in [-0.2, -0.15) is 0 Å². The van der Waals surface area contributed by atoms with Crippen LogP contribution in [-0.4, -0.2) is 6.61 Å². The summed E-state index contributed by atoms with van der Waals surface area (Å²) in [5.74, 6) is 2.08. The van der Waals surface area contributed by atoms with E-state index >= 15 is 0 Å². The fourth-order valence-electron chi connectivity index (χ4n) is 2.13. The molecule has 0 aliphatic heterocycles. The summed E-state index contributed by atoms with van der Waals surface area (Å²) in [6.45, 7) is 4.72. The summed E-state index contributed by atoms with van der Waals surface area (Å²) in [4.78, 5) is 0. The van der Waals surface area contributed by atoms with Gasteiger partial charge in [0, 0.05) is 0 Å². The van der Waals surface area contributed by atoms with Gasteiger partial charge >= 0.3 is 0 Å². The molecule has 0 atom stereocenters. The number of para-hydroxylation sites is 1. The summed E-state index contributed by atoms with van der Waals surface area (Å²) in [5.41, 5.74) is 7.93. The Morgan fingerprint density at radius 1 is 0.952 bits per heavy atom. The van der Waals surface area contributed by atoms with E-state index in [0.717, 1.165) is 12.2 Å². The lowest BCUT2D eigenvalue weighted by molar-refractivity contribution is 0.340. The molecule has 0 aromatic heterocycles. The van der Waals surface area contributed by atoms with Crippen molar-refractivity contribution >= 4 is 5.69 Å². The van der Waals surface area contributed by atoms with Crippen LogP contribution in [0, 0.1) is 0 Å². The topological polar surface area (TPSA) is 44.5 Å². The van der Waals surface area contributed by atoms with Crippen molar-refractivity contribution in [2.45, 2.75) is 33.1 Å². The molecule has 2 N–H and O–H groups in total. The largest absolute Gasteiger partial charge is 0.492 e. The van der Waals surface area contributed by atoms with Crippen LogP contribution < -0.4 is 15.2 Å². The van der Waals surface area contributed by atoms with E-state index in [0.29, 0.717) is 23.8 Å². The van der Waals surface area contributed by atoms with Gasteiger partial charge in [-0.3, -0.25) is 0 Å². The summed E-state index contributed by atoms with van der Waals surface area (Å²) in [7, 11) is 0. The lowest BCUT2D eigenvalue weighted by Gasteiger charge is -2.12. The average Bonchev–Trinajstić information content (AvgIpc) is 2.51. The first-order chi connectivity index (χ1) is 10.2. The normalized spacial score (nSPS) is 10.4. The highest BCUT2D eigenvalue weighted by molar-refractivity contribution is 5.63. The SMILES string of the molecule is CCCCc1ccc(Oc2cccc(OCC)c2N)cc1. The molecule has 0 aliphatic carbocycles. The Bertz CT molecular complexity index is 564. The number of hydrogen-bond donors (Lipinski definition) is 1. The maximum absolute atomic E-state index is 6.06. The predicted molar refractivity (Wildman–Crippen MR) is 87.2 cm³/mol. The lowest BCUT2D eigenvalue weighted by Crippen LogP contribution is -1.99. The second-order valence-corrected chi connectivity index (χ2v) is 4.95. The van der Waals surface area contributed by atoms with Crippen LogP contribution in [0.2, 0.25) is 0 Å². The molecule has 112 valence electrons. The minimum atomic E-state index is 0.536. The molecule has 0 spiro atoms. The lowest BCUT2D eigenvalue weighted by atomic mass is 10.1. The van der Waals surface area contributed by atoms with Gasteiger partial charge in [-0.1, -0.05) is 31.5 Å². The number of aryl methyl sites for hydroxylation is 1. The van der Waals surface area contributed by atoms with Gasteiger partial charge in [-0.15, -0.1) is 0 Å². The molecule has 0 unspecified atom stereocenters. The van der Waals surface area contributed by atoms with Gasteiger partial charge in [0.2, 0.25) is 0 Å². The van der Waals surface area contributed by atoms with E-state index in [2.05, 4.69) is 19.1 Å². The molecule has 0 aliphatic rings. The van der Waals surface area contributed by atoms with Crippen molar-refractivity contribution in [1.82, 2.24) is 0 Å². The van der Waals surface area contributed by atoms with Crippen molar-refractivity contribution in [3.05, 3.63) is 48.0 Å². The number of anilines is 1. The molecule has 2 aromatic carbocycles. The molecular formula is C18H23NO2. The first-order valence-electron chi connectivity index (χ1n) is 7.52. The van der Waals surface area contributed by atoms with Crippen molar-refractivity contribution in [2.24, 2.45) is 0 Å².